The second-order valence-corrected chi connectivity index (χ2v) is 4.02. The van der Waals surface area contributed by atoms with Crippen molar-refractivity contribution in [3.8, 4) is 11.5 Å². The minimum Gasteiger partial charge on any atom is -0.507 e. The summed E-state index contributed by atoms with van der Waals surface area (Å²) in [6, 6.07) is 2.92. The average Bonchev–Trinajstić information content (AvgIpc) is 2.32. The number of phenolic OH excluding ortho intramolecular Hbond substituents is 1. The van der Waals surface area contributed by atoms with E-state index in [2.05, 4.69) is 6.58 Å². The van der Waals surface area contributed by atoms with Gasteiger partial charge in [-0.3, -0.25) is 0 Å². The van der Waals surface area contributed by atoms with E-state index >= 15 is 0 Å². The molecular weight excluding hydrogens is 232 g/mol. The zero-order chi connectivity index (χ0) is 13.3. The first-order valence-electron chi connectivity index (χ1n) is 5.52. The molecule has 0 unspecified atom stereocenters. The minimum atomic E-state index is -0.446. The first kappa shape index (κ1) is 12.2. The molecule has 18 heavy (non-hydrogen) atoms. The molecule has 94 valence electrons. The van der Waals surface area contributed by atoms with Gasteiger partial charge in [-0.15, -0.1) is 6.58 Å². The maximum atomic E-state index is 11.5. The fraction of sp³-hybridized carbons (Fsp3) is 0.214. The molecule has 0 fully saturated rings. The Bertz CT molecular complexity index is 668. The monoisotopic (exact) mass is 246 g/mol. The van der Waals surface area contributed by atoms with Gasteiger partial charge in [0, 0.05) is 17.7 Å². The third-order valence-electron chi connectivity index (χ3n) is 2.82. The van der Waals surface area contributed by atoms with Crippen LogP contribution in [0.2, 0.25) is 0 Å². The summed E-state index contributed by atoms with van der Waals surface area (Å²) < 4.78 is 10.4. The van der Waals surface area contributed by atoms with E-state index in [9.17, 15) is 9.90 Å². The van der Waals surface area contributed by atoms with Crippen molar-refractivity contribution in [2.45, 2.75) is 13.3 Å². The van der Waals surface area contributed by atoms with Gasteiger partial charge in [0.2, 0.25) is 0 Å². The van der Waals surface area contributed by atoms with Gasteiger partial charge in [-0.05, 0) is 18.9 Å². The fourth-order valence-corrected chi connectivity index (χ4v) is 2.03. The molecule has 0 aliphatic rings. The number of hydrogen-bond donors (Lipinski definition) is 1. The molecule has 2 rings (SSSR count). The first-order valence-corrected chi connectivity index (χ1v) is 5.52. The molecule has 0 saturated heterocycles. The largest absolute Gasteiger partial charge is 0.507 e. The summed E-state index contributed by atoms with van der Waals surface area (Å²) in [5.74, 6) is 0.518. The number of aryl methyl sites for hydroxylation is 1. The van der Waals surface area contributed by atoms with E-state index in [0.717, 1.165) is 5.56 Å². The zero-order valence-corrected chi connectivity index (χ0v) is 10.3. The van der Waals surface area contributed by atoms with Gasteiger partial charge < -0.3 is 14.3 Å². The molecule has 0 bridgehead atoms. The zero-order valence-electron chi connectivity index (χ0n) is 10.3. The highest BCUT2D eigenvalue weighted by Gasteiger charge is 2.16. The number of fused-ring (bicyclic) bond motifs is 1. The number of hydrogen-bond acceptors (Lipinski definition) is 4. The highest BCUT2D eigenvalue weighted by atomic mass is 16.5. The second-order valence-electron chi connectivity index (χ2n) is 4.02. The van der Waals surface area contributed by atoms with Crippen LogP contribution in [-0.4, -0.2) is 12.2 Å². The maximum Gasteiger partial charge on any atom is 0.336 e. The van der Waals surface area contributed by atoms with Crippen molar-refractivity contribution < 1.29 is 14.3 Å². The van der Waals surface area contributed by atoms with Crippen molar-refractivity contribution >= 4 is 11.0 Å². The topological polar surface area (TPSA) is 59.7 Å². The Balaban J connectivity index is 2.97. The van der Waals surface area contributed by atoms with Gasteiger partial charge in [-0.25, -0.2) is 4.79 Å². The van der Waals surface area contributed by atoms with Crippen LogP contribution in [-0.2, 0) is 6.42 Å². The maximum absolute atomic E-state index is 11.5. The van der Waals surface area contributed by atoms with E-state index in [1.807, 2.05) is 0 Å². The van der Waals surface area contributed by atoms with E-state index in [4.69, 9.17) is 9.15 Å². The molecule has 0 aliphatic heterocycles. The molecule has 0 aliphatic carbocycles. The molecule has 0 atom stereocenters. The molecule has 4 nitrogen and oxygen atoms in total. The smallest absolute Gasteiger partial charge is 0.336 e. The standard InChI is InChI=1S/C14H14O4/c1-4-5-9-10(15)7-11(17-3)13-8(2)6-12(16)18-14(9)13/h4,6-7,15H,1,5H2,2-3H3. The molecular formula is C14H14O4. The molecule has 0 spiro atoms. The Morgan fingerprint density at radius 3 is 2.83 bits per heavy atom. The Labute approximate surface area is 104 Å². The van der Waals surface area contributed by atoms with Gasteiger partial charge in [0.1, 0.15) is 17.1 Å². The van der Waals surface area contributed by atoms with Crippen LogP contribution in [0.25, 0.3) is 11.0 Å². The van der Waals surface area contributed by atoms with Gasteiger partial charge in [-0.2, -0.15) is 0 Å². The summed E-state index contributed by atoms with van der Waals surface area (Å²) in [5.41, 5.74) is 1.21. The molecule has 1 aromatic heterocycles. The SMILES string of the molecule is C=CCc1c(O)cc(OC)c2c(C)cc(=O)oc12. The summed E-state index contributed by atoms with van der Waals surface area (Å²) in [6.07, 6.45) is 2.06. The van der Waals surface area contributed by atoms with Gasteiger partial charge >= 0.3 is 5.63 Å². The number of phenols is 1. The van der Waals surface area contributed by atoms with Gasteiger partial charge in [0.15, 0.2) is 0 Å². The molecule has 0 amide bonds. The fourth-order valence-electron chi connectivity index (χ4n) is 2.03. The highest BCUT2D eigenvalue weighted by molar-refractivity contribution is 5.91. The van der Waals surface area contributed by atoms with Gasteiger partial charge in [0.05, 0.1) is 12.5 Å². The summed E-state index contributed by atoms with van der Waals surface area (Å²) >= 11 is 0. The van der Waals surface area contributed by atoms with Gasteiger partial charge in [0.25, 0.3) is 0 Å². The Hall–Kier alpha value is -2.23. The number of benzene rings is 1. The van der Waals surface area contributed by atoms with Crippen molar-refractivity contribution in [2.75, 3.05) is 7.11 Å². The predicted octanol–water partition coefficient (Wildman–Crippen LogP) is 2.54. The van der Waals surface area contributed by atoms with Crippen LogP contribution in [0.15, 0.2) is 34.0 Å². The number of rotatable bonds is 3. The van der Waals surface area contributed by atoms with E-state index in [1.54, 1.807) is 13.0 Å². The summed E-state index contributed by atoms with van der Waals surface area (Å²) in [5, 5.41) is 10.6. The lowest BCUT2D eigenvalue weighted by molar-refractivity contribution is 0.409. The minimum absolute atomic E-state index is 0.0352. The van der Waals surface area contributed by atoms with E-state index in [1.165, 1.54) is 19.2 Å². The van der Waals surface area contributed by atoms with Crippen LogP contribution in [0.5, 0.6) is 11.5 Å². The molecule has 1 N–H and O–H groups in total. The lowest BCUT2D eigenvalue weighted by atomic mass is 10.0. The molecule has 4 heteroatoms. The van der Waals surface area contributed by atoms with E-state index in [-0.39, 0.29) is 5.75 Å². The Morgan fingerprint density at radius 1 is 1.50 bits per heavy atom. The van der Waals surface area contributed by atoms with Crippen LogP contribution in [0.4, 0.5) is 0 Å². The van der Waals surface area contributed by atoms with Crippen molar-refractivity contribution in [1.29, 1.82) is 0 Å². The molecule has 1 aromatic carbocycles. The molecule has 0 saturated carbocycles. The van der Waals surface area contributed by atoms with Crippen molar-refractivity contribution in [3.05, 3.63) is 46.3 Å². The number of aromatic hydroxyl groups is 1. The second kappa shape index (κ2) is 4.56. The third kappa shape index (κ3) is 1.86. The summed E-state index contributed by atoms with van der Waals surface area (Å²) in [7, 11) is 1.51. The van der Waals surface area contributed by atoms with Crippen LogP contribution in [0, 0.1) is 6.92 Å². The van der Waals surface area contributed by atoms with E-state index in [0.29, 0.717) is 28.7 Å². The predicted molar refractivity (Wildman–Crippen MR) is 69.3 cm³/mol. The van der Waals surface area contributed by atoms with Crippen LogP contribution < -0.4 is 10.4 Å². The van der Waals surface area contributed by atoms with Crippen LogP contribution in [0.1, 0.15) is 11.1 Å². The number of ether oxygens (including phenoxy) is 1. The van der Waals surface area contributed by atoms with Gasteiger partial charge in [-0.1, -0.05) is 6.08 Å². The highest BCUT2D eigenvalue weighted by Crippen LogP contribution is 2.36. The van der Waals surface area contributed by atoms with Crippen molar-refractivity contribution in [3.63, 3.8) is 0 Å². The Kier molecular flexibility index (Phi) is 3.10. The normalized spacial score (nSPS) is 10.6. The van der Waals surface area contributed by atoms with Crippen molar-refractivity contribution in [1.82, 2.24) is 0 Å². The number of allylic oxidation sites excluding steroid dienone is 1. The quantitative estimate of drug-likeness (QED) is 0.668. The Morgan fingerprint density at radius 2 is 2.22 bits per heavy atom. The average molecular weight is 246 g/mol. The van der Waals surface area contributed by atoms with E-state index < -0.39 is 5.63 Å². The lowest BCUT2D eigenvalue weighted by Gasteiger charge is -2.11. The summed E-state index contributed by atoms with van der Waals surface area (Å²) in [6.45, 7) is 5.43. The van der Waals surface area contributed by atoms with Crippen LogP contribution >= 0.6 is 0 Å². The van der Waals surface area contributed by atoms with Crippen molar-refractivity contribution in [2.24, 2.45) is 0 Å². The number of methoxy groups -OCH3 is 1. The molecule has 1 heterocycles. The molecule has 0 radical (unpaired) electrons. The third-order valence-corrected chi connectivity index (χ3v) is 2.82. The first-order chi connectivity index (χ1) is 8.58. The van der Waals surface area contributed by atoms with Crippen LogP contribution in [0.3, 0.4) is 0 Å². The molecule has 2 aromatic rings. The lowest BCUT2D eigenvalue weighted by Crippen LogP contribution is -2.01. The summed E-state index contributed by atoms with van der Waals surface area (Å²) in [4.78, 5) is 11.5.